The van der Waals surface area contributed by atoms with Crippen LogP contribution in [0.25, 0.3) is 0 Å². The van der Waals surface area contributed by atoms with Gasteiger partial charge >= 0.3 is 27.3 Å². The molecular formula is C9H21NOPbS. The first-order valence-corrected chi connectivity index (χ1v) is 5.11. The maximum absolute atomic E-state index is 9.12. The topological polar surface area (TPSA) is 23.5 Å². The fourth-order valence-corrected chi connectivity index (χ4v) is 1.18. The van der Waals surface area contributed by atoms with Gasteiger partial charge < -0.3 is 10.0 Å². The third kappa shape index (κ3) is 8.93. The van der Waals surface area contributed by atoms with Crippen LogP contribution in [0.15, 0.2) is 0 Å². The number of hydrogen-bond donors (Lipinski definition) is 1. The van der Waals surface area contributed by atoms with Gasteiger partial charge in [-0.25, -0.2) is 0 Å². The fourth-order valence-electron chi connectivity index (χ4n) is 1.00. The molecule has 0 aromatic heterocycles. The van der Waals surface area contributed by atoms with Crippen LogP contribution in [-0.4, -0.2) is 55.6 Å². The van der Waals surface area contributed by atoms with Crippen molar-refractivity contribution in [3.8, 4) is 0 Å². The Bertz CT molecular complexity index is 125. The van der Waals surface area contributed by atoms with Crippen LogP contribution in [0.2, 0.25) is 0 Å². The van der Waals surface area contributed by atoms with Crippen molar-refractivity contribution in [2.24, 2.45) is 0 Å². The van der Waals surface area contributed by atoms with E-state index in [-0.39, 0.29) is 32.5 Å². The SMILES string of the molecule is CCCCN(CCCC)C(O)=S.[PbH2]. The molecule has 0 rings (SSSR count). The molecule has 0 aliphatic rings. The molecule has 2 radical (unpaired) electrons. The van der Waals surface area contributed by atoms with E-state index in [1.807, 2.05) is 4.90 Å². The Morgan fingerprint density at radius 2 is 1.54 bits per heavy atom. The predicted molar refractivity (Wildman–Crippen MR) is 65.2 cm³/mol. The zero-order chi connectivity index (χ0) is 9.40. The molecule has 0 saturated heterocycles. The van der Waals surface area contributed by atoms with Crippen LogP contribution < -0.4 is 0 Å². The van der Waals surface area contributed by atoms with E-state index in [1.54, 1.807) is 0 Å². The van der Waals surface area contributed by atoms with Gasteiger partial charge in [0.05, 0.1) is 0 Å². The molecule has 0 saturated carbocycles. The maximum atomic E-state index is 9.12. The minimum absolute atomic E-state index is 0. The molecule has 0 bridgehead atoms. The van der Waals surface area contributed by atoms with Gasteiger partial charge in [0.25, 0.3) is 5.17 Å². The third-order valence-electron chi connectivity index (χ3n) is 1.83. The second-order valence-electron chi connectivity index (χ2n) is 2.98. The summed E-state index contributed by atoms with van der Waals surface area (Å²) in [4.78, 5) is 1.88. The second-order valence-corrected chi connectivity index (χ2v) is 3.34. The summed E-state index contributed by atoms with van der Waals surface area (Å²) in [6.07, 6.45) is 4.49. The van der Waals surface area contributed by atoms with Crippen LogP contribution in [0.4, 0.5) is 0 Å². The molecule has 0 atom stereocenters. The molecular weight excluding hydrogens is 377 g/mol. The molecule has 0 heterocycles. The molecule has 0 aliphatic heterocycles. The summed E-state index contributed by atoms with van der Waals surface area (Å²) in [5, 5.41) is 9.18. The third-order valence-corrected chi connectivity index (χ3v) is 2.09. The first-order valence-electron chi connectivity index (χ1n) is 4.70. The Hall–Kier alpha value is 0.612. The molecule has 0 aliphatic carbocycles. The Morgan fingerprint density at radius 3 is 1.77 bits per heavy atom. The van der Waals surface area contributed by atoms with Crippen LogP contribution in [0.3, 0.4) is 0 Å². The number of thiocarbonyl (C=S) groups is 1. The van der Waals surface area contributed by atoms with Crippen LogP contribution >= 0.6 is 12.2 Å². The molecule has 2 nitrogen and oxygen atoms in total. The number of aliphatic hydroxyl groups excluding tert-OH is 1. The van der Waals surface area contributed by atoms with E-state index < -0.39 is 0 Å². The summed E-state index contributed by atoms with van der Waals surface area (Å²) in [6, 6.07) is 0. The van der Waals surface area contributed by atoms with Crippen molar-refractivity contribution in [2.45, 2.75) is 39.5 Å². The van der Waals surface area contributed by atoms with E-state index in [0.717, 1.165) is 38.8 Å². The average Bonchev–Trinajstić information content (AvgIpc) is 2.04. The minimum atomic E-state index is 0. The van der Waals surface area contributed by atoms with Crippen LogP contribution in [0, 0.1) is 0 Å². The van der Waals surface area contributed by atoms with Gasteiger partial charge in [0.2, 0.25) is 0 Å². The van der Waals surface area contributed by atoms with Crippen molar-refractivity contribution < 1.29 is 5.11 Å². The van der Waals surface area contributed by atoms with E-state index >= 15 is 0 Å². The van der Waals surface area contributed by atoms with Gasteiger partial charge in [-0.15, -0.1) is 0 Å². The number of hydrogen-bond acceptors (Lipinski definition) is 1. The summed E-state index contributed by atoms with van der Waals surface area (Å²) < 4.78 is 0. The zero-order valence-electron chi connectivity index (χ0n) is 8.75. The summed E-state index contributed by atoms with van der Waals surface area (Å²) in [5.41, 5.74) is 0. The summed E-state index contributed by atoms with van der Waals surface area (Å²) in [6.45, 7) is 6.06. The van der Waals surface area contributed by atoms with E-state index in [2.05, 4.69) is 13.8 Å². The van der Waals surface area contributed by atoms with Gasteiger partial charge in [-0.05, 0) is 25.1 Å². The second kappa shape index (κ2) is 10.7. The normalized spacial score (nSPS) is 9.08. The van der Waals surface area contributed by atoms with Gasteiger partial charge in [0.15, 0.2) is 0 Å². The molecule has 13 heavy (non-hydrogen) atoms. The molecule has 1 N–H and O–H groups in total. The van der Waals surface area contributed by atoms with Crippen LogP contribution in [-0.2, 0) is 0 Å². The molecule has 0 aromatic rings. The standard InChI is InChI=1S/C9H19NOS.Pb.2H/c1-3-5-7-10(9(11)12)8-6-4-2;;;/h3-8H2,1-2H3,(H,11,12);;;. The van der Waals surface area contributed by atoms with E-state index in [9.17, 15) is 0 Å². The summed E-state index contributed by atoms with van der Waals surface area (Å²) in [7, 11) is 0. The zero-order valence-corrected chi connectivity index (χ0v) is 15.1. The Morgan fingerprint density at radius 1 is 1.15 bits per heavy atom. The monoisotopic (exact) mass is 399 g/mol. The molecule has 0 fully saturated rings. The molecule has 4 heteroatoms. The average molecular weight is 399 g/mol. The Balaban J connectivity index is 0. The van der Waals surface area contributed by atoms with Crippen molar-refractivity contribution in [1.29, 1.82) is 0 Å². The predicted octanol–water partition coefficient (Wildman–Crippen LogP) is 1.82. The first-order chi connectivity index (χ1) is 5.72. The molecule has 78 valence electrons. The summed E-state index contributed by atoms with van der Waals surface area (Å²) in [5.74, 6) is 0. The number of unbranched alkanes of at least 4 members (excludes halogenated alkanes) is 2. The van der Waals surface area contributed by atoms with Gasteiger partial charge in [-0.3, -0.25) is 0 Å². The Kier molecular flexibility index (Phi) is 13.2. The van der Waals surface area contributed by atoms with Crippen LogP contribution in [0.5, 0.6) is 0 Å². The van der Waals surface area contributed by atoms with Crippen molar-refractivity contribution in [2.75, 3.05) is 13.1 Å². The van der Waals surface area contributed by atoms with E-state index in [4.69, 9.17) is 17.3 Å². The number of nitrogens with zero attached hydrogens (tertiary/aromatic N) is 1. The number of aliphatic hydroxyl groups is 1. The van der Waals surface area contributed by atoms with Gasteiger partial charge in [0, 0.05) is 13.1 Å². The van der Waals surface area contributed by atoms with Crippen LogP contribution in [0.1, 0.15) is 39.5 Å². The van der Waals surface area contributed by atoms with E-state index in [1.165, 1.54) is 0 Å². The van der Waals surface area contributed by atoms with Gasteiger partial charge in [-0.1, -0.05) is 26.7 Å². The van der Waals surface area contributed by atoms with Gasteiger partial charge in [0.1, 0.15) is 0 Å². The fraction of sp³-hybridized carbons (Fsp3) is 0.889. The van der Waals surface area contributed by atoms with Gasteiger partial charge in [-0.2, -0.15) is 0 Å². The van der Waals surface area contributed by atoms with Crippen molar-refractivity contribution in [3.05, 3.63) is 0 Å². The van der Waals surface area contributed by atoms with Crippen molar-refractivity contribution in [3.63, 3.8) is 0 Å². The molecule has 0 unspecified atom stereocenters. The van der Waals surface area contributed by atoms with E-state index in [0.29, 0.717) is 0 Å². The molecule has 0 spiro atoms. The van der Waals surface area contributed by atoms with Crippen molar-refractivity contribution >= 4 is 44.7 Å². The summed E-state index contributed by atoms with van der Waals surface area (Å²) >= 11 is 4.73. The molecule has 0 aromatic carbocycles. The first kappa shape index (κ1) is 16.1. The number of rotatable bonds is 6. The molecule has 0 amide bonds. The van der Waals surface area contributed by atoms with Crippen molar-refractivity contribution in [1.82, 2.24) is 4.90 Å². The quantitative estimate of drug-likeness (QED) is 0.545. The Labute approximate surface area is 107 Å².